The second-order valence-corrected chi connectivity index (χ2v) is 5.95. The molecule has 2 fully saturated rings. The third-order valence-electron chi connectivity index (χ3n) is 4.68. The number of nitrogens with one attached hydrogen (secondary N) is 2. The van der Waals surface area contributed by atoms with E-state index < -0.39 is 0 Å². The zero-order chi connectivity index (χ0) is 13.5. The van der Waals surface area contributed by atoms with E-state index in [4.69, 9.17) is 0 Å². The minimum Gasteiger partial charge on any atom is -0.347 e. The van der Waals surface area contributed by atoms with Crippen LogP contribution in [0.1, 0.15) is 30.1 Å². The molecule has 3 rings (SSSR count). The first-order valence-corrected chi connectivity index (χ1v) is 6.87. The van der Waals surface area contributed by atoms with Crippen LogP contribution in [0.25, 0.3) is 0 Å². The first kappa shape index (κ1) is 12.6. The van der Waals surface area contributed by atoms with Gasteiger partial charge >= 0.3 is 0 Å². The summed E-state index contributed by atoms with van der Waals surface area (Å²) in [6, 6.07) is 5.87. The molecule has 1 aromatic carbocycles. The Bertz CT molecular complexity index is 505. The molecule has 3 nitrogen and oxygen atoms in total. The molecule has 0 radical (unpaired) electrons. The van der Waals surface area contributed by atoms with E-state index in [9.17, 15) is 9.18 Å². The van der Waals surface area contributed by atoms with Crippen molar-refractivity contribution in [1.29, 1.82) is 0 Å². The van der Waals surface area contributed by atoms with Crippen LogP contribution in [0.5, 0.6) is 0 Å². The van der Waals surface area contributed by atoms with Crippen molar-refractivity contribution in [2.75, 3.05) is 13.1 Å². The Hall–Kier alpha value is -1.42. The van der Waals surface area contributed by atoms with Crippen LogP contribution in [0, 0.1) is 17.7 Å². The summed E-state index contributed by atoms with van der Waals surface area (Å²) >= 11 is 0. The monoisotopic (exact) mass is 262 g/mol. The van der Waals surface area contributed by atoms with Gasteiger partial charge in [0.05, 0.1) is 0 Å². The molecule has 1 amide bonds. The minimum atomic E-state index is -0.371. The quantitative estimate of drug-likeness (QED) is 0.855. The standard InChI is InChI=1S/C15H19FN2O/c1-15(6-5-11-8-17-9-13(11)15)18-14(19)10-3-2-4-12(16)7-10/h2-4,7,11,13,17H,5-6,8-9H2,1H3,(H,18,19)/t11-,13+,15-/m1/s1. The number of fused-ring (bicyclic) bond motifs is 1. The number of hydrogen-bond acceptors (Lipinski definition) is 2. The number of rotatable bonds is 2. The van der Waals surface area contributed by atoms with Gasteiger partial charge in [-0.25, -0.2) is 4.39 Å². The van der Waals surface area contributed by atoms with E-state index in [1.165, 1.54) is 12.1 Å². The number of carbonyl (C=O) groups is 1. The maximum Gasteiger partial charge on any atom is 0.251 e. The predicted octanol–water partition coefficient (Wildman–Crippen LogP) is 1.94. The third kappa shape index (κ3) is 2.25. The van der Waals surface area contributed by atoms with Crippen molar-refractivity contribution < 1.29 is 9.18 Å². The van der Waals surface area contributed by atoms with Gasteiger partial charge in [0, 0.05) is 17.6 Å². The van der Waals surface area contributed by atoms with Gasteiger partial charge in [-0.2, -0.15) is 0 Å². The molecule has 0 bridgehead atoms. The lowest BCUT2D eigenvalue weighted by Gasteiger charge is -2.32. The second-order valence-electron chi connectivity index (χ2n) is 5.95. The third-order valence-corrected chi connectivity index (χ3v) is 4.68. The van der Waals surface area contributed by atoms with Crippen molar-refractivity contribution in [2.45, 2.75) is 25.3 Å². The molecule has 1 heterocycles. The van der Waals surface area contributed by atoms with Gasteiger partial charge in [0.1, 0.15) is 5.82 Å². The topological polar surface area (TPSA) is 41.1 Å². The van der Waals surface area contributed by atoms with E-state index in [1.54, 1.807) is 12.1 Å². The average molecular weight is 262 g/mol. The fourth-order valence-corrected chi connectivity index (χ4v) is 3.57. The summed E-state index contributed by atoms with van der Waals surface area (Å²) in [4.78, 5) is 12.2. The molecule has 1 saturated heterocycles. The zero-order valence-electron chi connectivity index (χ0n) is 11.1. The molecule has 1 saturated carbocycles. The fourth-order valence-electron chi connectivity index (χ4n) is 3.57. The van der Waals surface area contributed by atoms with Gasteiger partial charge in [-0.3, -0.25) is 4.79 Å². The van der Waals surface area contributed by atoms with Gasteiger partial charge in [0.25, 0.3) is 5.91 Å². The van der Waals surface area contributed by atoms with E-state index in [0.29, 0.717) is 17.4 Å². The van der Waals surface area contributed by atoms with Gasteiger partial charge < -0.3 is 10.6 Å². The summed E-state index contributed by atoms with van der Waals surface area (Å²) in [6.45, 7) is 4.13. The fraction of sp³-hybridized carbons (Fsp3) is 0.533. The predicted molar refractivity (Wildman–Crippen MR) is 71.4 cm³/mol. The summed E-state index contributed by atoms with van der Waals surface area (Å²) in [5.41, 5.74) is 0.230. The Kier molecular flexibility index (Phi) is 3.05. The highest BCUT2D eigenvalue weighted by molar-refractivity contribution is 5.94. The Morgan fingerprint density at radius 1 is 1.47 bits per heavy atom. The summed E-state index contributed by atoms with van der Waals surface area (Å²) in [7, 11) is 0. The molecule has 102 valence electrons. The molecule has 0 spiro atoms. The summed E-state index contributed by atoms with van der Waals surface area (Å²) in [5, 5.41) is 6.51. The molecule has 1 aliphatic heterocycles. The van der Waals surface area contributed by atoms with E-state index in [2.05, 4.69) is 17.6 Å². The molecule has 19 heavy (non-hydrogen) atoms. The Morgan fingerprint density at radius 3 is 3.11 bits per heavy atom. The molecular formula is C15H19FN2O. The number of halogens is 1. The van der Waals surface area contributed by atoms with Gasteiger partial charge in [-0.05, 0) is 56.3 Å². The van der Waals surface area contributed by atoms with Crippen LogP contribution in [-0.2, 0) is 0 Å². The lowest BCUT2D eigenvalue weighted by Crippen LogP contribution is -2.50. The molecule has 1 aliphatic carbocycles. The van der Waals surface area contributed by atoms with Crippen molar-refractivity contribution >= 4 is 5.91 Å². The highest BCUT2D eigenvalue weighted by Gasteiger charge is 2.48. The molecule has 1 aromatic rings. The van der Waals surface area contributed by atoms with Crippen LogP contribution < -0.4 is 10.6 Å². The number of benzene rings is 1. The van der Waals surface area contributed by atoms with Crippen molar-refractivity contribution in [1.82, 2.24) is 10.6 Å². The maximum absolute atomic E-state index is 13.2. The summed E-state index contributed by atoms with van der Waals surface area (Å²) in [6.07, 6.45) is 2.16. The van der Waals surface area contributed by atoms with Gasteiger partial charge in [0.2, 0.25) is 0 Å². The molecular weight excluding hydrogens is 243 g/mol. The van der Waals surface area contributed by atoms with Gasteiger partial charge in [0.15, 0.2) is 0 Å². The Labute approximate surface area is 112 Å². The first-order valence-electron chi connectivity index (χ1n) is 6.87. The van der Waals surface area contributed by atoms with Crippen LogP contribution in [0.15, 0.2) is 24.3 Å². The maximum atomic E-state index is 13.2. The molecule has 0 unspecified atom stereocenters. The van der Waals surface area contributed by atoms with Crippen LogP contribution >= 0.6 is 0 Å². The normalized spacial score (nSPS) is 33.2. The van der Waals surface area contributed by atoms with Crippen molar-refractivity contribution in [3.63, 3.8) is 0 Å². The molecule has 0 aromatic heterocycles. The summed E-state index contributed by atoms with van der Waals surface area (Å²) < 4.78 is 13.2. The first-order chi connectivity index (χ1) is 9.08. The molecule has 2 aliphatic rings. The van der Waals surface area contributed by atoms with Crippen molar-refractivity contribution in [2.24, 2.45) is 11.8 Å². The van der Waals surface area contributed by atoms with E-state index >= 15 is 0 Å². The molecule has 4 heteroatoms. The smallest absolute Gasteiger partial charge is 0.251 e. The number of amides is 1. The lowest BCUT2D eigenvalue weighted by atomic mass is 9.86. The van der Waals surface area contributed by atoms with E-state index in [-0.39, 0.29) is 17.3 Å². The number of carbonyl (C=O) groups excluding carboxylic acids is 1. The van der Waals surface area contributed by atoms with Crippen molar-refractivity contribution in [3.8, 4) is 0 Å². The second kappa shape index (κ2) is 4.60. The van der Waals surface area contributed by atoms with E-state index in [0.717, 1.165) is 25.9 Å². The number of hydrogen-bond donors (Lipinski definition) is 2. The Balaban J connectivity index is 1.76. The van der Waals surface area contributed by atoms with Gasteiger partial charge in [-0.1, -0.05) is 6.07 Å². The highest BCUT2D eigenvalue weighted by atomic mass is 19.1. The summed E-state index contributed by atoms with van der Waals surface area (Å²) in [5.74, 6) is 0.613. The van der Waals surface area contributed by atoms with Gasteiger partial charge in [-0.15, -0.1) is 0 Å². The van der Waals surface area contributed by atoms with Crippen LogP contribution in [-0.4, -0.2) is 24.5 Å². The lowest BCUT2D eigenvalue weighted by molar-refractivity contribution is 0.0883. The van der Waals surface area contributed by atoms with Crippen LogP contribution in [0.4, 0.5) is 4.39 Å². The van der Waals surface area contributed by atoms with Crippen LogP contribution in [0.3, 0.4) is 0 Å². The van der Waals surface area contributed by atoms with Crippen molar-refractivity contribution in [3.05, 3.63) is 35.6 Å². The van der Waals surface area contributed by atoms with Crippen LogP contribution in [0.2, 0.25) is 0 Å². The largest absolute Gasteiger partial charge is 0.347 e. The molecule has 2 N–H and O–H groups in total. The molecule has 3 atom stereocenters. The zero-order valence-corrected chi connectivity index (χ0v) is 11.1. The average Bonchev–Trinajstić information content (AvgIpc) is 2.95. The van der Waals surface area contributed by atoms with E-state index in [1.807, 2.05) is 0 Å². The Morgan fingerprint density at radius 2 is 2.32 bits per heavy atom. The SMILES string of the molecule is C[C@@]1(NC(=O)c2cccc(F)c2)CC[C@@H]2CNC[C@@H]21. The minimum absolute atomic E-state index is 0.169. The highest BCUT2D eigenvalue weighted by Crippen LogP contribution is 2.42.